The molecule has 5 rings (SSSR count). The maximum absolute atomic E-state index is 5.54. The normalized spacial score (nSPS) is 14.0. The van der Waals surface area contributed by atoms with Crippen LogP contribution in [-0.2, 0) is 11.3 Å². The van der Waals surface area contributed by atoms with E-state index in [0.717, 1.165) is 65.6 Å². The van der Waals surface area contributed by atoms with Crippen LogP contribution in [0.3, 0.4) is 0 Å². The van der Waals surface area contributed by atoms with Crippen molar-refractivity contribution in [2.75, 3.05) is 43.6 Å². The standard InChI is InChI=1S/C24H27N7O2/c1-16-12-25-21(17(2)22(16)32-3)15-31-23-18(14-27-31)13-26-24(29-23)28-19-4-6-20(7-5-19)30-8-10-33-11-9-30/h4-7,12-14H,8-11,15H2,1-3H3,(H,26,28,29). The molecule has 4 aromatic rings. The van der Waals surface area contributed by atoms with E-state index in [2.05, 4.69) is 37.4 Å². The smallest absolute Gasteiger partial charge is 0.229 e. The number of rotatable bonds is 6. The van der Waals surface area contributed by atoms with Crippen molar-refractivity contribution in [2.24, 2.45) is 0 Å². The molecule has 3 aromatic heterocycles. The van der Waals surface area contributed by atoms with E-state index < -0.39 is 0 Å². The van der Waals surface area contributed by atoms with Crippen molar-refractivity contribution in [3.8, 4) is 5.75 Å². The molecule has 1 fully saturated rings. The maximum Gasteiger partial charge on any atom is 0.229 e. The lowest BCUT2D eigenvalue weighted by atomic mass is 10.1. The summed E-state index contributed by atoms with van der Waals surface area (Å²) in [4.78, 5) is 16.1. The summed E-state index contributed by atoms with van der Waals surface area (Å²) in [5.41, 5.74) is 5.78. The van der Waals surface area contributed by atoms with E-state index in [9.17, 15) is 0 Å². The van der Waals surface area contributed by atoms with Crippen LogP contribution in [0.2, 0.25) is 0 Å². The molecule has 0 spiro atoms. The quantitative estimate of drug-likeness (QED) is 0.483. The fraction of sp³-hybridized carbons (Fsp3) is 0.333. The van der Waals surface area contributed by atoms with Crippen molar-refractivity contribution >= 4 is 28.4 Å². The van der Waals surface area contributed by atoms with E-state index in [0.29, 0.717) is 12.5 Å². The Morgan fingerprint density at radius 2 is 1.82 bits per heavy atom. The van der Waals surface area contributed by atoms with Crippen LogP contribution in [0.25, 0.3) is 11.0 Å². The first kappa shape index (κ1) is 21.1. The second-order valence-electron chi connectivity index (χ2n) is 8.09. The van der Waals surface area contributed by atoms with E-state index in [1.807, 2.05) is 36.9 Å². The SMILES string of the molecule is COc1c(C)cnc(Cn2ncc3cnc(Nc4ccc(N5CCOCC5)cc4)nc32)c1C. The van der Waals surface area contributed by atoms with Crippen LogP contribution < -0.4 is 15.0 Å². The number of benzene rings is 1. The van der Waals surface area contributed by atoms with Gasteiger partial charge < -0.3 is 19.7 Å². The second-order valence-corrected chi connectivity index (χ2v) is 8.09. The van der Waals surface area contributed by atoms with E-state index in [-0.39, 0.29) is 0 Å². The molecule has 0 saturated carbocycles. The van der Waals surface area contributed by atoms with E-state index in [1.165, 1.54) is 5.69 Å². The van der Waals surface area contributed by atoms with Gasteiger partial charge in [0.25, 0.3) is 0 Å². The van der Waals surface area contributed by atoms with Crippen LogP contribution in [0.5, 0.6) is 5.75 Å². The van der Waals surface area contributed by atoms with Gasteiger partial charge in [0.1, 0.15) is 5.75 Å². The van der Waals surface area contributed by atoms with Gasteiger partial charge in [0.2, 0.25) is 5.95 Å². The Kier molecular flexibility index (Phi) is 5.78. The molecular weight excluding hydrogens is 418 g/mol. The van der Waals surface area contributed by atoms with Crippen molar-refractivity contribution in [1.82, 2.24) is 24.7 Å². The zero-order valence-electron chi connectivity index (χ0n) is 19.1. The summed E-state index contributed by atoms with van der Waals surface area (Å²) in [5.74, 6) is 1.38. The largest absolute Gasteiger partial charge is 0.496 e. The number of morpholine rings is 1. The Morgan fingerprint density at radius 3 is 2.58 bits per heavy atom. The molecule has 0 amide bonds. The highest BCUT2D eigenvalue weighted by molar-refractivity contribution is 5.75. The molecule has 1 aliphatic heterocycles. The summed E-state index contributed by atoms with van der Waals surface area (Å²) in [6.45, 7) is 7.87. The molecule has 33 heavy (non-hydrogen) atoms. The third-order valence-corrected chi connectivity index (χ3v) is 5.93. The molecule has 9 nitrogen and oxygen atoms in total. The number of ether oxygens (including phenoxy) is 2. The Labute approximate surface area is 192 Å². The van der Waals surface area contributed by atoms with Gasteiger partial charge in [-0.25, -0.2) is 9.67 Å². The Bertz CT molecular complexity index is 1260. The highest BCUT2D eigenvalue weighted by atomic mass is 16.5. The van der Waals surface area contributed by atoms with Gasteiger partial charge in [-0.2, -0.15) is 10.1 Å². The summed E-state index contributed by atoms with van der Waals surface area (Å²) >= 11 is 0. The maximum atomic E-state index is 5.54. The fourth-order valence-electron chi connectivity index (χ4n) is 4.12. The van der Waals surface area contributed by atoms with Crippen LogP contribution >= 0.6 is 0 Å². The second kappa shape index (κ2) is 9.03. The van der Waals surface area contributed by atoms with Crippen LogP contribution in [0.1, 0.15) is 16.8 Å². The Balaban J connectivity index is 1.36. The minimum atomic E-state index is 0.497. The van der Waals surface area contributed by atoms with E-state index in [4.69, 9.17) is 14.5 Å². The molecule has 0 bridgehead atoms. The average molecular weight is 446 g/mol. The van der Waals surface area contributed by atoms with Gasteiger partial charge in [-0.3, -0.25) is 4.98 Å². The van der Waals surface area contributed by atoms with Crippen LogP contribution in [0, 0.1) is 13.8 Å². The summed E-state index contributed by atoms with van der Waals surface area (Å²) in [6.07, 6.45) is 5.39. The third-order valence-electron chi connectivity index (χ3n) is 5.93. The summed E-state index contributed by atoms with van der Waals surface area (Å²) in [7, 11) is 1.68. The summed E-state index contributed by atoms with van der Waals surface area (Å²) < 4.78 is 12.8. The van der Waals surface area contributed by atoms with Crippen molar-refractivity contribution in [2.45, 2.75) is 20.4 Å². The van der Waals surface area contributed by atoms with Crippen molar-refractivity contribution in [3.05, 3.63) is 59.7 Å². The van der Waals surface area contributed by atoms with Gasteiger partial charge in [0, 0.05) is 48.0 Å². The molecule has 0 unspecified atom stereocenters. The molecule has 1 aromatic carbocycles. The van der Waals surface area contributed by atoms with Crippen molar-refractivity contribution in [3.63, 3.8) is 0 Å². The number of pyridine rings is 1. The monoisotopic (exact) mass is 445 g/mol. The Morgan fingerprint density at radius 1 is 1.03 bits per heavy atom. The zero-order valence-corrected chi connectivity index (χ0v) is 19.1. The zero-order chi connectivity index (χ0) is 22.8. The molecule has 1 saturated heterocycles. The molecule has 0 aliphatic carbocycles. The molecule has 0 atom stereocenters. The van der Waals surface area contributed by atoms with Gasteiger partial charge in [-0.1, -0.05) is 0 Å². The summed E-state index contributed by atoms with van der Waals surface area (Å²) in [6, 6.07) is 8.30. The third kappa shape index (κ3) is 4.31. The molecular formula is C24H27N7O2. The number of nitrogens with one attached hydrogen (secondary N) is 1. The van der Waals surface area contributed by atoms with Gasteiger partial charge in [0.05, 0.1) is 44.1 Å². The average Bonchev–Trinajstić information content (AvgIpc) is 3.24. The number of methoxy groups -OCH3 is 1. The Hall–Kier alpha value is -3.72. The topological polar surface area (TPSA) is 90.2 Å². The molecule has 170 valence electrons. The first-order valence-corrected chi connectivity index (χ1v) is 11.0. The van der Waals surface area contributed by atoms with Gasteiger partial charge in [0.15, 0.2) is 5.65 Å². The van der Waals surface area contributed by atoms with Crippen LogP contribution in [0.15, 0.2) is 42.9 Å². The highest BCUT2D eigenvalue weighted by Crippen LogP contribution is 2.25. The minimum absolute atomic E-state index is 0.497. The molecule has 9 heteroatoms. The van der Waals surface area contributed by atoms with Crippen LogP contribution in [-0.4, -0.2) is 58.1 Å². The van der Waals surface area contributed by atoms with E-state index >= 15 is 0 Å². The molecule has 0 radical (unpaired) electrons. The molecule has 1 aliphatic rings. The number of hydrogen-bond acceptors (Lipinski definition) is 8. The first-order chi connectivity index (χ1) is 16.1. The highest BCUT2D eigenvalue weighted by Gasteiger charge is 2.14. The van der Waals surface area contributed by atoms with Crippen LogP contribution in [0.4, 0.5) is 17.3 Å². The predicted molar refractivity (Wildman–Crippen MR) is 127 cm³/mol. The molecule has 1 N–H and O–H groups in total. The lowest BCUT2D eigenvalue weighted by molar-refractivity contribution is 0.122. The lowest BCUT2D eigenvalue weighted by Gasteiger charge is -2.28. The number of aromatic nitrogens is 5. The first-order valence-electron chi connectivity index (χ1n) is 11.0. The van der Waals surface area contributed by atoms with Gasteiger partial charge in [-0.05, 0) is 38.1 Å². The van der Waals surface area contributed by atoms with Crippen molar-refractivity contribution < 1.29 is 9.47 Å². The van der Waals surface area contributed by atoms with E-state index in [1.54, 1.807) is 19.5 Å². The molecule has 4 heterocycles. The van der Waals surface area contributed by atoms with Gasteiger partial charge in [-0.15, -0.1) is 0 Å². The number of nitrogens with zero attached hydrogens (tertiary/aromatic N) is 6. The minimum Gasteiger partial charge on any atom is -0.496 e. The fourth-order valence-corrected chi connectivity index (χ4v) is 4.12. The number of fused-ring (bicyclic) bond motifs is 1. The number of hydrogen-bond donors (Lipinski definition) is 1. The lowest BCUT2D eigenvalue weighted by Crippen LogP contribution is -2.36. The van der Waals surface area contributed by atoms with Gasteiger partial charge >= 0.3 is 0 Å². The summed E-state index contributed by atoms with van der Waals surface area (Å²) in [5, 5.41) is 8.69. The predicted octanol–water partition coefficient (Wildman–Crippen LogP) is 3.48. The number of anilines is 3. The number of aryl methyl sites for hydroxylation is 1. The van der Waals surface area contributed by atoms with Crippen molar-refractivity contribution in [1.29, 1.82) is 0 Å².